The molecule has 1 heterocycles. The van der Waals surface area contributed by atoms with Gasteiger partial charge in [0, 0.05) is 23.5 Å². The molecule has 5 heteroatoms. The number of Topliss-reactive ketones (excluding diaryl/α,β-unsaturated/α-hetero) is 1. The number of carbonyl (C=O) groups is 1. The van der Waals surface area contributed by atoms with Crippen LogP contribution in [0.5, 0.6) is 0 Å². The van der Waals surface area contributed by atoms with Crippen molar-refractivity contribution in [1.82, 2.24) is 0 Å². The third-order valence-corrected chi connectivity index (χ3v) is 6.38. The molecule has 0 fully saturated rings. The molecule has 3 aromatic rings. The fraction of sp³-hybridized carbons (Fsp3) is 0.231. The average Bonchev–Trinajstić information content (AvgIpc) is 2.80. The number of anilines is 1. The van der Waals surface area contributed by atoms with Gasteiger partial charge in [-0.05, 0) is 48.6 Å². The number of aliphatic imine (C=N–C) groups is 1. The normalized spacial score (nSPS) is 13.2. The van der Waals surface area contributed by atoms with E-state index >= 15 is 0 Å². The Hall–Kier alpha value is -2.37. The minimum atomic E-state index is 0. The SMILES string of the molecule is Br.Cc1ccc(C)c(N(CC(=O)c2ccc(-c3ccccc3)cc2)C2=NCCCS2)c1. The molecule has 3 nitrogen and oxygen atoms in total. The van der Waals surface area contributed by atoms with Gasteiger partial charge >= 0.3 is 0 Å². The van der Waals surface area contributed by atoms with E-state index < -0.39 is 0 Å². The van der Waals surface area contributed by atoms with Crippen LogP contribution in [0.3, 0.4) is 0 Å². The fourth-order valence-corrected chi connectivity index (χ4v) is 4.55. The first-order valence-corrected chi connectivity index (χ1v) is 11.3. The molecule has 0 spiro atoms. The van der Waals surface area contributed by atoms with Crippen molar-refractivity contribution in [2.45, 2.75) is 20.3 Å². The van der Waals surface area contributed by atoms with E-state index in [1.165, 1.54) is 5.56 Å². The molecule has 31 heavy (non-hydrogen) atoms. The summed E-state index contributed by atoms with van der Waals surface area (Å²) in [5.41, 5.74) is 6.40. The van der Waals surface area contributed by atoms with E-state index in [9.17, 15) is 4.79 Å². The Kier molecular flexibility index (Phi) is 8.10. The molecule has 1 aliphatic heterocycles. The molecule has 3 aromatic carbocycles. The third-order valence-electron chi connectivity index (χ3n) is 5.28. The zero-order valence-corrected chi connectivity index (χ0v) is 20.4. The van der Waals surface area contributed by atoms with Crippen LogP contribution >= 0.6 is 28.7 Å². The van der Waals surface area contributed by atoms with Crippen molar-refractivity contribution in [3.8, 4) is 11.1 Å². The average molecular weight is 495 g/mol. The highest BCUT2D eigenvalue weighted by Crippen LogP contribution is 2.28. The minimum absolute atomic E-state index is 0. The largest absolute Gasteiger partial charge is 0.313 e. The molecule has 0 N–H and O–H groups in total. The second-order valence-corrected chi connectivity index (χ2v) is 8.67. The van der Waals surface area contributed by atoms with Crippen molar-refractivity contribution in [2.75, 3.05) is 23.7 Å². The molecule has 4 rings (SSSR count). The van der Waals surface area contributed by atoms with Gasteiger partial charge in [-0.1, -0.05) is 78.5 Å². The van der Waals surface area contributed by atoms with E-state index in [0.717, 1.165) is 51.8 Å². The number of rotatable bonds is 5. The van der Waals surface area contributed by atoms with Gasteiger partial charge in [-0.25, -0.2) is 0 Å². The lowest BCUT2D eigenvalue weighted by Crippen LogP contribution is -2.36. The number of carbonyl (C=O) groups excluding carboxylic acids is 1. The van der Waals surface area contributed by atoms with Gasteiger partial charge in [0.2, 0.25) is 0 Å². The second kappa shape index (κ2) is 10.8. The molecule has 0 saturated carbocycles. The number of hydrogen-bond donors (Lipinski definition) is 0. The van der Waals surface area contributed by atoms with Crippen LogP contribution in [0.25, 0.3) is 11.1 Å². The van der Waals surface area contributed by atoms with Gasteiger partial charge < -0.3 is 4.90 Å². The first-order valence-electron chi connectivity index (χ1n) is 10.3. The topological polar surface area (TPSA) is 32.7 Å². The number of nitrogens with zero attached hydrogens (tertiary/aromatic N) is 2. The summed E-state index contributed by atoms with van der Waals surface area (Å²) < 4.78 is 0. The van der Waals surface area contributed by atoms with E-state index in [1.807, 2.05) is 42.5 Å². The predicted molar refractivity (Wildman–Crippen MR) is 139 cm³/mol. The highest BCUT2D eigenvalue weighted by Gasteiger charge is 2.22. The van der Waals surface area contributed by atoms with Gasteiger partial charge in [0.05, 0.1) is 6.54 Å². The molecule has 0 unspecified atom stereocenters. The molecule has 0 amide bonds. The van der Waals surface area contributed by atoms with Gasteiger partial charge in [-0.15, -0.1) is 17.0 Å². The standard InChI is InChI=1S/C26H26N2OS.BrH/c1-19-9-10-20(2)24(17-19)28(26-27-15-6-16-30-26)18-25(29)23-13-11-22(12-14-23)21-7-4-3-5-8-21;/h3-5,7-14,17H,6,15-16,18H2,1-2H3;1H. The van der Waals surface area contributed by atoms with Gasteiger partial charge in [-0.2, -0.15) is 0 Å². The Bertz CT molecular complexity index is 1060. The summed E-state index contributed by atoms with van der Waals surface area (Å²) in [7, 11) is 0. The molecule has 0 aliphatic carbocycles. The van der Waals surface area contributed by atoms with Crippen LogP contribution in [-0.2, 0) is 0 Å². The zero-order chi connectivity index (χ0) is 20.9. The Morgan fingerprint density at radius 1 is 0.968 bits per heavy atom. The summed E-state index contributed by atoms with van der Waals surface area (Å²) in [6, 6.07) is 24.5. The molecular formula is C26H27BrN2OS. The second-order valence-electron chi connectivity index (χ2n) is 7.61. The molecule has 1 aliphatic rings. The summed E-state index contributed by atoms with van der Waals surface area (Å²) in [6.07, 6.45) is 1.09. The predicted octanol–water partition coefficient (Wildman–Crippen LogP) is 6.73. The van der Waals surface area contributed by atoms with Crippen molar-refractivity contribution < 1.29 is 4.79 Å². The molecule has 0 aromatic heterocycles. The smallest absolute Gasteiger partial charge is 0.182 e. The lowest BCUT2D eigenvalue weighted by molar-refractivity contribution is 0.100. The van der Waals surface area contributed by atoms with Gasteiger partial charge in [-0.3, -0.25) is 9.79 Å². The number of amidine groups is 1. The first kappa shape index (κ1) is 23.3. The van der Waals surface area contributed by atoms with Gasteiger partial charge in [0.15, 0.2) is 11.0 Å². The summed E-state index contributed by atoms with van der Waals surface area (Å²) in [4.78, 5) is 20.0. The van der Waals surface area contributed by atoms with Crippen LogP contribution in [-0.4, -0.2) is 29.8 Å². The summed E-state index contributed by atoms with van der Waals surface area (Å²) in [6.45, 7) is 5.29. The Morgan fingerprint density at radius 2 is 1.68 bits per heavy atom. The number of thioether (sulfide) groups is 1. The number of halogens is 1. The van der Waals surface area contributed by atoms with Crippen LogP contribution < -0.4 is 4.90 Å². The van der Waals surface area contributed by atoms with Crippen molar-refractivity contribution in [3.63, 3.8) is 0 Å². The zero-order valence-electron chi connectivity index (χ0n) is 17.9. The Morgan fingerprint density at radius 3 is 2.35 bits per heavy atom. The van der Waals surface area contributed by atoms with Crippen molar-refractivity contribution in [1.29, 1.82) is 0 Å². The van der Waals surface area contributed by atoms with Crippen LogP contribution in [0.1, 0.15) is 27.9 Å². The molecule has 0 radical (unpaired) electrons. The number of benzene rings is 3. The molecule has 0 saturated heterocycles. The summed E-state index contributed by atoms with van der Waals surface area (Å²) >= 11 is 1.74. The third kappa shape index (κ3) is 5.66. The molecular weight excluding hydrogens is 468 g/mol. The first-order chi connectivity index (χ1) is 14.6. The Balaban J connectivity index is 0.00000272. The van der Waals surface area contributed by atoms with Crippen LogP contribution in [0.15, 0.2) is 77.8 Å². The van der Waals surface area contributed by atoms with E-state index in [2.05, 4.69) is 49.1 Å². The maximum absolute atomic E-state index is 13.2. The summed E-state index contributed by atoms with van der Waals surface area (Å²) in [5, 5.41) is 0.948. The lowest BCUT2D eigenvalue weighted by Gasteiger charge is -2.28. The van der Waals surface area contributed by atoms with Crippen molar-refractivity contribution >= 4 is 45.4 Å². The van der Waals surface area contributed by atoms with E-state index in [0.29, 0.717) is 6.54 Å². The monoisotopic (exact) mass is 494 g/mol. The maximum atomic E-state index is 13.2. The maximum Gasteiger partial charge on any atom is 0.182 e. The lowest BCUT2D eigenvalue weighted by atomic mass is 10.0. The highest BCUT2D eigenvalue weighted by molar-refractivity contribution is 8.93. The van der Waals surface area contributed by atoms with E-state index in [-0.39, 0.29) is 22.8 Å². The summed E-state index contributed by atoms with van der Waals surface area (Å²) in [5.74, 6) is 1.14. The Labute approximate surface area is 199 Å². The quantitative estimate of drug-likeness (QED) is 0.368. The fourth-order valence-electron chi connectivity index (χ4n) is 3.59. The van der Waals surface area contributed by atoms with E-state index in [1.54, 1.807) is 11.8 Å². The molecule has 0 atom stereocenters. The minimum Gasteiger partial charge on any atom is -0.313 e. The van der Waals surface area contributed by atoms with E-state index in [4.69, 9.17) is 4.99 Å². The molecule has 160 valence electrons. The highest BCUT2D eigenvalue weighted by atomic mass is 79.9. The van der Waals surface area contributed by atoms with Crippen LogP contribution in [0.4, 0.5) is 5.69 Å². The van der Waals surface area contributed by atoms with Crippen LogP contribution in [0.2, 0.25) is 0 Å². The number of aryl methyl sites for hydroxylation is 2. The number of hydrogen-bond acceptors (Lipinski definition) is 4. The van der Waals surface area contributed by atoms with Crippen molar-refractivity contribution in [2.24, 2.45) is 4.99 Å². The van der Waals surface area contributed by atoms with Crippen molar-refractivity contribution in [3.05, 3.63) is 89.5 Å². The number of ketones is 1. The van der Waals surface area contributed by atoms with Gasteiger partial charge in [0.1, 0.15) is 0 Å². The van der Waals surface area contributed by atoms with Gasteiger partial charge in [0.25, 0.3) is 0 Å². The van der Waals surface area contributed by atoms with Crippen LogP contribution in [0, 0.1) is 13.8 Å². The molecule has 0 bridgehead atoms.